The van der Waals surface area contributed by atoms with E-state index in [9.17, 15) is 4.79 Å². The summed E-state index contributed by atoms with van der Waals surface area (Å²) in [4.78, 5) is 11.8. The fraction of sp³-hybridized carbons (Fsp3) is 0.417. The van der Waals surface area contributed by atoms with Gasteiger partial charge in [0.05, 0.1) is 5.92 Å². The van der Waals surface area contributed by atoms with Gasteiger partial charge in [-0.15, -0.1) is 11.8 Å². The van der Waals surface area contributed by atoms with Gasteiger partial charge in [-0.2, -0.15) is 0 Å². The molecule has 0 aliphatic carbocycles. The van der Waals surface area contributed by atoms with E-state index in [0.717, 1.165) is 0 Å². The van der Waals surface area contributed by atoms with E-state index in [0.29, 0.717) is 5.75 Å². The second-order valence-electron chi connectivity index (χ2n) is 3.82. The maximum atomic E-state index is 10.6. The van der Waals surface area contributed by atoms with Crippen LogP contribution in [0, 0.1) is 19.8 Å². The fourth-order valence-corrected chi connectivity index (χ4v) is 2.27. The molecule has 0 aromatic heterocycles. The van der Waals surface area contributed by atoms with Gasteiger partial charge in [-0.25, -0.2) is 0 Å². The molecule has 0 heterocycles. The molecule has 1 aromatic carbocycles. The second-order valence-corrected chi connectivity index (χ2v) is 4.88. The Kier molecular flexibility index (Phi) is 4.21. The quantitative estimate of drug-likeness (QED) is 0.798. The molecule has 0 bridgehead atoms. The summed E-state index contributed by atoms with van der Waals surface area (Å²) in [6, 6.07) is 6.23. The van der Waals surface area contributed by atoms with Crippen molar-refractivity contribution in [1.29, 1.82) is 0 Å². The van der Waals surface area contributed by atoms with Crippen molar-refractivity contribution in [2.45, 2.75) is 25.7 Å². The molecule has 0 aliphatic rings. The summed E-state index contributed by atoms with van der Waals surface area (Å²) in [5, 5.41) is 8.76. The minimum absolute atomic E-state index is 0.296. The van der Waals surface area contributed by atoms with E-state index >= 15 is 0 Å². The van der Waals surface area contributed by atoms with E-state index in [1.54, 1.807) is 18.7 Å². The molecular weight excluding hydrogens is 208 g/mol. The van der Waals surface area contributed by atoms with Gasteiger partial charge in [0.25, 0.3) is 0 Å². The highest BCUT2D eigenvalue weighted by Crippen LogP contribution is 2.25. The minimum atomic E-state index is -0.729. The molecule has 0 radical (unpaired) electrons. The highest BCUT2D eigenvalue weighted by atomic mass is 32.2. The number of carboxylic acids is 1. The van der Waals surface area contributed by atoms with Crippen molar-refractivity contribution >= 4 is 17.7 Å². The lowest BCUT2D eigenvalue weighted by molar-refractivity contribution is -0.140. The first-order valence-electron chi connectivity index (χ1n) is 4.93. The predicted octanol–water partition coefficient (Wildman–Crippen LogP) is 3.12. The van der Waals surface area contributed by atoms with Crippen LogP contribution in [0.4, 0.5) is 0 Å². The van der Waals surface area contributed by atoms with Crippen molar-refractivity contribution in [2.24, 2.45) is 5.92 Å². The molecule has 3 heteroatoms. The lowest BCUT2D eigenvalue weighted by atomic mass is 10.2. The number of aliphatic carboxylic acids is 1. The van der Waals surface area contributed by atoms with E-state index in [4.69, 9.17) is 5.11 Å². The molecule has 82 valence electrons. The first-order valence-corrected chi connectivity index (χ1v) is 5.92. The topological polar surface area (TPSA) is 37.3 Å². The Labute approximate surface area is 94.7 Å². The van der Waals surface area contributed by atoms with Gasteiger partial charge in [0.1, 0.15) is 0 Å². The van der Waals surface area contributed by atoms with E-state index in [1.165, 1.54) is 16.0 Å². The first-order chi connectivity index (χ1) is 7.00. The molecule has 15 heavy (non-hydrogen) atoms. The van der Waals surface area contributed by atoms with Gasteiger partial charge in [-0.05, 0) is 25.5 Å². The van der Waals surface area contributed by atoms with Crippen LogP contribution in [0.15, 0.2) is 23.1 Å². The molecule has 0 saturated heterocycles. The Hall–Kier alpha value is -0.960. The van der Waals surface area contributed by atoms with E-state index in [2.05, 4.69) is 32.0 Å². The summed E-state index contributed by atoms with van der Waals surface area (Å²) >= 11 is 1.61. The van der Waals surface area contributed by atoms with Gasteiger partial charge in [0.2, 0.25) is 0 Å². The maximum absolute atomic E-state index is 10.6. The molecule has 0 saturated carbocycles. The Morgan fingerprint density at radius 1 is 1.47 bits per heavy atom. The van der Waals surface area contributed by atoms with Crippen LogP contribution >= 0.6 is 11.8 Å². The van der Waals surface area contributed by atoms with Crippen LogP contribution in [0.3, 0.4) is 0 Å². The van der Waals surface area contributed by atoms with Crippen molar-refractivity contribution in [3.63, 3.8) is 0 Å². The number of aryl methyl sites for hydroxylation is 2. The summed E-state index contributed by atoms with van der Waals surface area (Å²) in [6.45, 7) is 5.85. The second kappa shape index (κ2) is 5.21. The van der Waals surface area contributed by atoms with Gasteiger partial charge >= 0.3 is 5.97 Å². The van der Waals surface area contributed by atoms with Crippen molar-refractivity contribution in [1.82, 2.24) is 0 Å². The number of carboxylic acid groups (broad SMARTS) is 1. The zero-order valence-corrected chi connectivity index (χ0v) is 10.1. The number of rotatable bonds is 4. The van der Waals surface area contributed by atoms with Gasteiger partial charge < -0.3 is 5.11 Å². The van der Waals surface area contributed by atoms with Crippen LogP contribution in [0.5, 0.6) is 0 Å². The molecule has 1 unspecified atom stereocenters. The average molecular weight is 224 g/mol. The Bertz CT molecular complexity index is 361. The van der Waals surface area contributed by atoms with Crippen LogP contribution in [-0.2, 0) is 4.79 Å². The van der Waals surface area contributed by atoms with Crippen LogP contribution in [0.1, 0.15) is 18.1 Å². The van der Waals surface area contributed by atoms with Gasteiger partial charge in [0.15, 0.2) is 0 Å². The third kappa shape index (κ3) is 3.59. The highest BCUT2D eigenvalue weighted by Gasteiger charge is 2.11. The van der Waals surface area contributed by atoms with Gasteiger partial charge in [-0.1, -0.05) is 24.6 Å². The van der Waals surface area contributed by atoms with Crippen molar-refractivity contribution in [3.05, 3.63) is 29.3 Å². The summed E-state index contributed by atoms with van der Waals surface area (Å²) in [6.07, 6.45) is 0. The molecule has 0 aliphatic heterocycles. The Morgan fingerprint density at radius 3 is 2.67 bits per heavy atom. The number of hydrogen-bond acceptors (Lipinski definition) is 2. The van der Waals surface area contributed by atoms with Crippen molar-refractivity contribution in [3.8, 4) is 0 Å². The van der Waals surface area contributed by atoms with E-state index in [1.807, 2.05) is 0 Å². The summed E-state index contributed by atoms with van der Waals surface area (Å²) in [5.74, 6) is -0.401. The Morgan fingerprint density at radius 2 is 2.13 bits per heavy atom. The highest BCUT2D eigenvalue weighted by molar-refractivity contribution is 7.99. The zero-order chi connectivity index (χ0) is 11.4. The summed E-state index contributed by atoms with van der Waals surface area (Å²) < 4.78 is 0. The largest absolute Gasteiger partial charge is 0.481 e. The Balaban J connectivity index is 2.62. The number of benzene rings is 1. The molecule has 1 aromatic rings. The number of thioether (sulfide) groups is 1. The lowest BCUT2D eigenvalue weighted by Crippen LogP contribution is -2.11. The smallest absolute Gasteiger partial charge is 0.307 e. The van der Waals surface area contributed by atoms with E-state index < -0.39 is 5.97 Å². The van der Waals surface area contributed by atoms with Crippen LogP contribution in [0.25, 0.3) is 0 Å². The van der Waals surface area contributed by atoms with Crippen molar-refractivity contribution < 1.29 is 9.90 Å². The van der Waals surface area contributed by atoms with Gasteiger partial charge in [0, 0.05) is 10.6 Å². The van der Waals surface area contributed by atoms with Gasteiger partial charge in [-0.3, -0.25) is 4.79 Å². The fourth-order valence-electron chi connectivity index (χ4n) is 1.25. The molecule has 2 nitrogen and oxygen atoms in total. The van der Waals surface area contributed by atoms with Crippen LogP contribution in [0.2, 0.25) is 0 Å². The molecular formula is C12H16O2S. The molecule has 0 amide bonds. The van der Waals surface area contributed by atoms with Crippen LogP contribution in [-0.4, -0.2) is 16.8 Å². The standard InChI is InChI=1S/C12H16O2S/c1-8-4-5-11(9(2)6-8)15-7-10(3)12(13)14/h4-6,10H,7H2,1-3H3,(H,13,14). The lowest BCUT2D eigenvalue weighted by Gasteiger charge is -2.08. The predicted molar refractivity (Wildman–Crippen MR) is 63.4 cm³/mol. The molecule has 1 atom stereocenters. The molecule has 1 rings (SSSR count). The third-order valence-electron chi connectivity index (χ3n) is 2.24. The minimum Gasteiger partial charge on any atom is -0.481 e. The summed E-state index contributed by atoms with van der Waals surface area (Å²) in [7, 11) is 0. The van der Waals surface area contributed by atoms with Crippen LogP contribution < -0.4 is 0 Å². The SMILES string of the molecule is Cc1ccc(SCC(C)C(=O)O)c(C)c1. The third-order valence-corrected chi connectivity index (χ3v) is 3.68. The zero-order valence-electron chi connectivity index (χ0n) is 9.28. The van der Waals surface area contributed by atoms with E-state index in [-0.39, 0.29) is 5.92 Å². The first kappa shape index (κ1) is 12.1. The summed E-state index contributed by atoms with van der Waals surface area (Å²) in [5.41, 5.74) is 2.46. The molecule has 0 spiro atoms. The maximum Gasteiger partial charge on any atom is 0.307 e. The monoisotopic (exact) mass is 224 g/mol. The van der Waals surface area contributed by atoms with Crippen molar-refractivity contribution in [2.75, 3.05) is 5.75 Å². The molecule has 1 N–H and O–H groups in total. The average Bonchev–Trinajstić information content (AvgIpc) is 2.15. The normalized spacial score (nSPS) is 12.5. The number of hydrogen-bond donors (Lipinski definition) is 1. The molecule has 0 fully saturated rings. The number of carbonyl (C=O) groups is 1.